The Labute approximate surface area is 162 Å². The monoisotopic (exact) mass is 379 g/mol. The van der Waals surface area contributed by atoms with Crippen molar-refractivity contribution in [1.82, 2.24) is 0 Å². The molecule has 3 atom stereocenters. The Hall–Kier alpha value is -2.40. The van der Waals surface area contributed by atoms with Gasteiger partial charge in [-0.25, -0.2) is 4.79 Å². The molecule has 0 radical (unpaired) electrons. The molecule has 2 N–H and O–H groups in total. The molecule has 0 saturated carbocycles. The number of thioether (sulfide) groups is 1. The highest BCUT2D eigenvalue weighted by atomic mass is 32.2. The number of ether oxygens (including phenoxy) is 1. The van der Waals surface area contributed by atoms with E-state index in [0.717, 1.165) is 34.9 Å². The number of carboxylic acids is 1. The number of carboxylic acid groups (broad SMARTS) is 1. The van der Waals surface area contributed by atoms with E-state index < -0.39 is 5.97 Å². The number of hydrogen-bond donors (Lipinski definition) is 2. The molecule has 2 heterocycles. The maximum absolute atomic E-state index is 11.4. The van der Waals surface area contributed by atoms with Gasteiger partial charge >= 0.3 is 5.97 Å². The molecule has 0 spiro atoms. The van der Waals surface area contributed by atoms with E-state index in [-0.39, 0.29) is 12.0 Å². The summed E-state index contributed by atoms with van der Waals surface area (Å²) in [5.74, 6) is 2.83. The lowest BCUT2D eigenvalue weighted by atomic mass is 9.76. The first kappa shape index (κ1) is 16.8. The summed E-state index contributed by atoms with van der Waals surface area (Å²) in [5.41, 5.74) is 3.69. The van der Waals surface area contributed by atoms with Crippen LogP contribution in [-0.4, -0.2) is 28.7 Å². The van der Waals surface area contributed by atoms with Crippen LogP contribution in [0.25, 0.3) is 0 Å². The summed E-state index contributed by atoms with van der Waals surface area (Å²) >= 11 is 1.92. The molecule has 1 saturated heterocycles. The first-order valence-corrected chi connectivity index (χ1v) is 10.5. The smallest absolute Gasteiger partial charge is 0.335 e. The number of anilines is 1. The fourth-order valence-electron chi connectivity index (χ4n) is 4.31. The van der Waals surface area contributed by atoms with Gasteiger partial charge in [0.1, 0.15) is 11.9 Å². The molecular formula is C22H21NO3S. The molecule has 2 aromatic rings. The van der Waals surface area contributed by atoms with E-state index >= 15 is 0 Å². The standard InChI is InChI=1S/C22H21NO3S/c24-22(25)14-7-8-20-19(10-14)17-5-2-6-18(17)21(23-20)13-3-1-4-15(9-13)26-16-11-27-12-16/h1-5,7-10,16-18,21,23H,6,11-12H2,(H,24,25)/t17-,18-,21+/m1/s1. The van der Waals surface area contributed by atoms with Gasteiger partial charge in [-0.05, 0) is 53.8 Å². The highest BCUT2D eigenvalue weighted by molar-refractivity contribution is 8.00. The third-order valence-corrected chi connectivity index (χ3v) is 6.95. The number of aromatic carboxylic acids is 1. The Kier molecular flexibility index (Phi) is 4.12. The zero-order valence-electron chi connectivity index (χ0n) is 14.8. The SMILES string of the molecule is O=C(O)c1ccc2c(c1)[C@@H]1C=CC[C@H]1[C@H](c1cccc(OC3CSC3)c1)N2. The van der Waals surface area contributed by atoms with Gasteiger partial charge in [0, 0.05) is 23.1 Å². The first-order chi connectivity index (χ1) is 13.2. The van der Waals surface area contributed by atoms with Crippen molar-refractivity contribution in [1.29, 1.82) is 0 Å². The van der Waals surface area contributed by atoms with Gasteiger partial charge in [-0.15, -0.1) is 0 Å². The first-order valence-electron chi connectivity index (χ1n) is 9.34. The fourth-order valence-corrected chi connectivity index (χ4v) is 4.88. The van der Waals surface area contributed by atoms with Crippen molar-refractivity contribution < 1.29 is 14.6 Å². The molecule has 138 valence electrons. The molecule has 1 aliphatic carbocycles. The molecule has 0 bridgehead atoms. The Morgan fingerprint density at radius 2 is 2.07 bits per heavy atom. The molecule has 0 unspecified atom stereocenters. The highest BCUT2D eigenvalue weighted by Gasteiger charge is 2.38. The maximum Gasteiger partial charge on any atom is 0.335 e. The second-order valence-corrected chi connectivity index (χ2v) is 8.51. The van der Waals surface area contributed by atoms with Gasteiger partial charge in [0.15, 0.2) is 0 Å². The Balaban J connectivity index is 1.47. The summed E-state index contributed by atoms with van der Waals surface area (Å²) in [6.45, 7) is 0. The molecule has 5 rings (SSSR count). The quantitative estimate of drug-likeness (QED) is 0.754. The van der Waals surface area contributed by atoms with Gasteiger partial charge in [-0.3, -0.25) is 0 Å². The number of fused-ring (bicyclic) bond motifs is 3. The van der Waals surface area contributed by atoms with Crippen LogP contribution in [0.2, 0.25) is 0 Å². The second kappa shape index (κ2) is 6.64. The molecular weight excluding hydrogens is 358 g/mol. The third-order valence-electron chi connectivity index (χ3n) is 5.74. The average molecular weight is 379 g/mol. The van der Waals surface area contributed by atoms with E-state index in [9.17, 15) is 9.90 Å². The van der Waals surface area contributed by atoms with Crippen LogP contribution in [0.5, 0.6) is 5.75 Å². The molecule has 2 aromatic carbocycles. The van der Waals surface area contributed by atoms with E-state index in [2.05, 4.69) is 35.7 Å². The van der Waals surface area contributed by atoms with E-state index in [1.54, 1.807) is 6.07 Å². The summed E-state index contributed by atoms with van der Waals surface area (Å²) in [7, 11) is 0. The van der Waals surface area contributed by atoms with Crippen LogP contribution in [0.4, 0.5) is 5.69 Å². The lowest BCUT2D eigenvalue weighted by molar-refractivity contribution is 0.0696. The zero-order chi connectivity index (χ0) is 18.4. The van der Waals surface area contributed by atoms with Crippen molar-refractivity contribution in [3.8, 4) is 5.75 Å². The van der Waals surface area contributed by atoms with E-state index in [1.165, 1.54) is 5.56 Å². The van der Waals surface area contributed by atoms with Crippen molar-refractivity contribution >= 4 is 23.4 Å². The van der Waals surface area contributed by atoms with Crippen molar-refractivity contribution in [2.45, 2.75) is 24.5 Å². The average Bonchev–Trinajstić information content (AvgIpc) is 3.14. The highest BCUT2D eigenvalue weighted by Crippen LogP contribution is 2.50. The normalized spacial score (nSPS) is 25.9. The van der Waals surface area contributed by atoms with Gasteiger partial charge in [-0.2, -0.15) is 11.8 Å². The summed E-state index contributed by atoms with van der Waals surface area (Å²) in [4.78, 5) is 11.4. The minimum absolute atomic E-state index is 0.187. The maximum atomic E-state index is 11.4. The topological polar surface area (TPSA) is 58.6 Å². The Morgan fingerprint density at radius 3 is 2.85 bits per heavy atom. The summed E-state index contributed by atoms with van der Waals surface area (Å²) in [6, 6.07) is 14.0. The number of carbonyl (C=O) groups is 1. The van der Waals surface area contributed by atoms with Gasteiger partial charge in [0.05, 0.1) is 11.6 Å². The largest absolute Gasteiger partial charge is 0.489 e. The molecule has 1 fully saturated rings. The third kappa shape index (κ3) is 3.00. The van der Waals surface area contributed by atoms with Crippen LogP contribution in [0, 0.1) is 5.92 Å². The summed E-state index contributed by atoms with van der Waals surface area (Å²) in [6.07, 6.45) is 5.78. The van der Waals surface area contributed by atoms with Crippen molar-refractivity contribution in [3.63, 3.8) is 0 Å². The van der Waals surface area contributed by atoms with Crippen LogP contribution >= 0.6 is 11.8 Å². The summed E-state index contributed by atoms with van der Waals surface area (Å²) in [5, 5.41) is 13.0. The minimum Gasteiger partial charge on any atom is -0.489 e. The fraction of sp³-hybridized carbons (Fsp3) is 0.318. The molecule has 4 nitrogen and oxygen atoms in total. The molecule has 3 aliphatic rings. The Morgan fingerprint density at radius 1 is 1.19 bits per heavy atom. The lowest BCUT2D eigenvalue weighted by Gasteiger charge is -2.38. The van der Waals surface area contributed by atoms with E-state index in [0.29, 0.717) is 17.6 Å². The summed E-state index contributed by atoms with van der Waals surface area (Å²) < 4.78 is 6.08. The van der Waals surface area contributed by atoms with E-state index in [1.807, 2.05) is 30.0 Å². The number of benzene rings is 2. The van der Waals surface area contributed by atoms with Crippen LogP contribution in [0.3, 0.4) is 0 Å². The second-order valence-electron chi connectivity index (χ2n) is 7.43. The van der Waals surface area contributed by atoms with E-state index in [4.69, 9.17) is 4.74 Å². The van der Waals surface area contributed by atoms with Crippen LogP contribution in [-0.2, 0) is 0 Å². The predicted molar refractivity (Wildman–Crippen MR) is 108 cm³/mol. The number of allylic oxidation sites excluding steroid dienone is 2. The van der Waals surface area contributed by atoms with Crippen molar-refractivity contribution in [2.24, 2.45) is 5.92 Å². The lowest BCUT2D eigenvalue weighted by Crippen LogP contribution is -2.31. The van der Waals surface area contributed by atoms with Crippen LogP contribution in [0.1, 0.15) is 39.9 Å². The molecule has 27 heavy (non-hydrogen) atoms. The van der Waals surface area contributed by atoms with Crippen molar-refractivity contribution in [2.75, 3.05) is 16.8 Å². The van der Waals surface area contributed by atoms with Crippen LogP contribution < -0.4 is 10.1 Å². The Bertz CT molecular complexity index is 922. The van der Waals surface area contributed by atoms with Gasteiger partial charge in [0.25, 0.3) is 0 Å². The molecule has 2 aliphatic heterocycles. The minimum atomic E-state index is -0.877. The van der Waals surface area contributed by atoms with Crippen LogP contribution in [0.15, 0.2) is 54.6 Å². The number of rotatable bonds is 4. The molecule has 5 heteroatoms. The zero-order valence-corrected chi connectivity index (χ0v) is 15.6. The molecule has 0 aromatic heterocycles. The van der Waals surface area contributed by atoms with Gasteiger partial charge in [0.2, 0.25) is 0 Å². The number of hydrogen-bond acceptors (Lipinski definition) is 4. The van der Waals surface area contributed by atoms with Crippen molar-refractivity contribution in [3.05, 3.63) is 71.3 Å². The predicted octanol–water partition coefficient (Wildman–Crippen LogP) is 4.71. The van der Waals surface area contributed by atoms with Gasteiger partial charge in [-0.1, -0.05) is 24.3 Å². The van der Waals surface area contributed by atoms with Gasteiger partial charge < -0.3 is 15.2 Å². The number of nitrogens with one attached hydrogen (secondary N) is 1. The molecule has 0 amide bonds.